The highest BCUT2D eigenvalue weighted by Gasteiger charge is 2.21. The van der Waals surface area contributed by atoms with E-state index in [0.29, 0.717) is 11.2 Å². The van der Waals surface area contributed by atoms with Gasteiger partial charge in [0.15, 0.2) is 0 Å². The van der Waals surface area contributed by atoms with E-state index in [9.17, 15) is 0 Å². The molecule has 3 nitrogen and oxygen atoms in total. The van der Waals surface area contributed by atoms with Gasteiger partial charge in [-0.25, -0.2) is 4.99 Å². The Morgan fingerprint density at radius 1 is 1.73 bits per heavy atom. The summed E-state index contributed by atoms with van der Waals surface area (Å²) in [5, 5.41) is 0.508. The molecule has 0 amide bonds. The molecule has 2 rings (SSSR count). The van der Waals surface area contributed by atoms with Crippen LogP contribution >= 0.6 is 11.6 Å². The van der Waals surface area contributed by atoms with Crippen molar-refractivity contribution in [3.05, 3.63) is 11.2 Å². The molecule has 0 radical (unpaired) electrons. The van der Waals surface area contributed by atoms with Crippen LogP contribution in [0.2, 0.25) is 0 Å². The minimum atomic E-state index is 0.357. The molecule has 0 N–H and O–H groups in total. The van der Waals surface area contributed by atoms with Gasteiger partial charge in [-0.2, -0.15) is 0 Å². The summed E-state index contributed by atoms with van der Waals surface area (Å²) in [4.78, 5) is 10.3. The second-order valence-corrected chi connectivity index (χ2v) is 3.09. The van der Waals surface area contributed by atoms with E-state index < -0.39 is 0 Å². The summed E-state index contributed by atoms with van der Waals surface area (Å²) < 4.78 is 0. The van der Waals surface area contributed by atoms with Crippen LogP contribution in [-0.2, 0) is 0 Å². The average molecular weight is 170 g/mol. The molecule has 2 aliphatic heterocycles. The predicted molar refractivity (Wildman–Crippen MR) is 46.0 cm³/mol. The number of aliphatic imine (C=N–C) groups is 2. The van der Waals surface area contributed by atoms with Crippen molar-refractivity contribution in [1.82, 2.24) is 4.90 Å². The number of hydrogen-bond donors (Lipinski definition) is 0. The Balaban J connectivity index is 2.31. The molecule has 2 heterocycles. The highest BCUT2D eigenvalue weighted by atomic mass is 35.5. The predicted octanol–water partition coefficient (Wildman–Crippen LogP) is 1.21. The van der Waals surface area contributed by atoms with Crippen LogP contribution in [0, 0.1) is 0 Å². The fourth-order valence-electron chi connectivity index (χ4n) is 1.21. The second kappa shape index (κ2) is 2.34. The molecule has 0 aliphatic carbocycles. The number of halogens is 1. The minimum Gasteiger partial charge on any atom is -0.315 e. The molecule has 11 heavy (non-hydrogen) atoms. The second-order valence-electron chi connectivity index (χ2n) is 2.70. The Morgan fingerprint density at radius 2 is 2.55 bits per heavy atom. The molecule has 0 aromatic heterocycles. The lowest BCUT2D eigenvalue weighted by molar-refractivity contribution is 0.610. The minimum absolute atomic E-state index is 0.357. The first kappa shape index (κ1) is 6.85. The van der Waals surface area contributed by atoms with E-state index in [1.807, 2.05) is 4.90 Å². The number of hydrogen-bond acceptors (Lipinski definition) is 3. The first-order chi connectivity index (χ1) is 5.25. The van der Waals surface area contributed by atoms with Gasteiger partial charge in [0.05, 0.1) is 12.4 Å². The van der Waals surface area contributed by atoms with Gasteiger partial charge < -0.3 is 4.90 Å². The highest BCUT2D eigenvalue weighted by Crippen LogP contribution is 2.15. The molecule has 2 aliphatic rings. The van der Waals surface area contributed by atoms with Crippen LogP contribution < -0.4 is 0 Å². The van der Waals surface area contributed by atoms with Crippen molar-refractivity contribution in [2.75, 3.05) is 6.54 Å². The molecular formula is C7H8ClN3. The standard InChI is InChI=1S/C7H8ClN3/c1-5-3-11-4-9-6(8)2-7(11)10-5/h2,4-5H,3H2,1H3/t5-/m0/s1. The lowest BCUT2D eigenvalue weighted by atomic mass is 10.4. The van der Waals surface area contributed by atoms with Crippen molar-refractivity contribution in [2.24, 2.45) is 9.98 Å². The lowest BCUT2D eigenvalue weighted by Gasteiger charge is -2.14. The Labute approximate surface area is 70.1 Å². The van der Waals surface area contributed by atoms with Crippen molar-refractivity contribution in [3.63, 3.8) is 0 Å². The normalized spacial score (nSPS) is 28.2. The SMILES string of the molecule is C[C@H]1CN2C=NC(Cl)=CC2=N1. The summed E-state index contributed by atoms with van der Waals surface area (Å²) in [6, 6.07) is 0.357. The van der Waals surface area contributed by atoms with E-state index >= 15 is 0 Å². The van der Waals surface area contributed by atoms with E-state index in [2.05, 4.69) is 16.9 Å². The Hall–Kier alpha value is -0.830. The van der Waals surface area contributed by atoms with Gasteiger partial charge in [-0.15, -0.1) is 0 Å². The van der Waals surface area contributed by atoms with Gasteiger partial charge in [0.1, 0.15) is 11.0 Å². The summed E-state index contributed by atoms with van der Waals surface area (Å²) in [6.45, 7) is 2.99. The summed E-state index contributed by atoms with van der Waals surface area (Å²) in [7, 11) is 0. The quantitative estimate of drug-likeness (QED) is 0.501. The van der Waals surface area contributed by atoms with Crippen LogP contribution in [0.1, 0.15) is 6.92 Å². The fraction of sp³-hybridized carbons (Fsp3) is 0.429. The molecule has 0 spiro atoms. The fourth-order valence-corrected chi connectivity index (χ4v) is 1.36. The molecule has 0 fully saturated rings. The van der Waals surface area contributed by atoms with Crippen LogP contribution in [0.25, 0.3) is 0 Å². The van der Waals surface area contributed by atoms with E-state index in [0.717, 1.165) is 12.4 Å². The number of nitrogens with zero attached hydrogens (tertiary/aromatic N) is 3. The molecule has 58 valence electrons. The van der Waals surface area contributed by atoms with Crippen molar-refractivity contribution in [1.29, 1.82) is 0 Å². The van der Waals surface area contributed by atoms with E-state index in [1.54, 1.807) is 12.4 Å². The first-order valence-electron chi connectivity index (χ1n) is 3.51. The maximum Gasteiger partial charge on any atom is 0.134 e. The van der Waals surface area contributed by atoms with Gasteiger partial charge in [-0.05, 0) is 6.92 Å². The van der Waals surface area contributed by atoms with E-state index in [4.69, 9.17) is 11.6 Å². The van der Waals surface area contributed by atoms with Gasteiger partial charge >= 0.3 is 0 Å². The molecule has 0 saturated carbocycles. The third-order valence-electron chi connectivity index (χ3n) is 1.68. The topological polar surface area (TPSA) is 28.0 Å². The maximum atomic E-state index is 5.69. The number of fused-ring (bicyclic) bond motifs is 1. The molecule has 1 atom stereocenters. The molecule has 0 aromatic carbocycles. The summed E-state index contributed by atoms with van der Waals surface area (Å²) in [6.07, 6.45) is 3.51. The van der Waals surface area contributed by atoms with Crippen LogP contribution in [0.4, 0.5) is 0 Å². The lowest BCUT2D eigenvalue weighted by Crippen LogP contribution is -2.27. The summed E-state index contributed by atoms with van der Waals surface area (Å²) in [5.74, 6) is 0.928. The molecular weight excluding hydrogens is 162 g/mol. The third-order valence-corrected chi connectivity index (χ3v) is 1.88. The largest absolute Gasteiger partial charge is 0.315 e. The van der Waals surface area contributed by atoms with Crippen LogP contribution in [0.5, 0.6) is 0 Å². The zero-order valence-electron chi connectivity index (χ0n) is 6.16. The highest BCUT2D eigenvalue weighted by molar-refractivity contribution is 6.32. The van der Waals surface area contributed by atoms with E-state index in [-0.39, 0.29) is 0 Å². The van der Waals surface area contributed by atoms with Crippen molar-refractivity contribution in [2.45, 2.75) is 13.0 Å². The third kappa shape index (κ3) is 1.16. The molecule has 0 unspecified atom stereocenters. The molecule has 4 heteroatoms. The maximum absolute atomic E-state index is 5.69. The monoisotopic (exact) mass is 169 g/mol. The van der Waals surface area contributed by atoms with E-state index in [1.165, 1.54) is 0 Å². The Kier molecular flexibility index (Phi) is 1.46. The van der Waals surface area contributed by atoms with Gasteiger partial charge in [0.25, 0.3) is 0 Å². The van der Waals surface area contributed by atoms with Gasteiger partial charge in [-0.3, -0.25) is 4.99 Å². The molecule has 0 bridgehead atoms. The molecule has 0 saturated heterocycles. The molecule has 0 aromatic rings. The summed E-state index contributed by atoms with van der Waals surface area (Å²) >= 11 is 5.69. The van der Waals surface area contributed by atoms with Gasteiger partial charge in [0, 0.05) is 12.6 Å². The number of rotatable bonds is 0. The van der Waals surface area contributed by atoms with Crippen molar-refractivity contribution < 1.29 is 0 Å². The van der Waals surface area contributed by atoms with Gasteiger partial charge in [0.2, 0.25) is 0 Å². The summed E-state index contributed by atoms with van der Waals surface area (Å²) in [5.41, 5.74) is 0. The van der Waals surface area contributed by atoms with Crippen molar-refractivity contribution >= 4 is 23.8 Å². The zero-order chi connectivity index (χ0) is 7.84. The smallest absolute Gasteiger partial charge is 0.134 e. The van der Waals surface area contributed by atoms with Crippen LogP contribution in [0.15, 0.2) is 21.2 Å². The van der Waals surface area contributed by atoms with Crippen LogP contribution in [0.3, 0.4) is 0 Å². The van der Waals surface area contributed by atoms with Gasteiger partial charge in [-0.1, -0.05) is 11.6 Å². The van der Waals surface area contributed by atoms with Crippen molar-refractivity contribution in [3.8, 4) is 0 Å². The zero-order valence-corrected chi connectivity index (χ0v) is 6.91. The van der Waals surface area contributed by atoms with Crippen LogP contribution in [-0.4, -0.2) is 29.7 Å². The Bertz CT molecular complexity index is 267. The average Bonchev–Trinajstić information content (AvgIpc) is 2.27. The Morgan fingerprint density at radius 3 is 3.36 bits per heavy atom. The first-order valence-corrected chi connectivity index (χ1v) is 3.89. The number of amidine groups is 1.